The Morgan fingerprint density at radius 3 is 0.968 bits per heavy atom. The van der Waals surface area contributed by atoms with E-state index in [-0.39, 0.29) is 24.9 Å². The Morgan fingerprint density at radius 2 is 0.667 bits per heavy atom. The summed E-state index contributed by atoms with van der Waals surface area (Å²) in [6.07, 6.45) is 57.4. The zero-order chi connectivity index (χ0) is 45.9. The molecule has 0 spiro atoms. The van der Waals surface area contributed by atoms with Crippen molar-refractivity contribution in [2.75, 3.05) is 6.61 Å². The minimum Gasteiger partial charge on any atom is -0.462 e. The molecule has 0 aliphatic heterocycles. The second-order valence-corrected chi connectivity index (χ2v) is 20.1. The number of aliphatic hydroxyl groups excluding tert-OH is 2. The Balaban J connectivity index is 4.45. The average molecular weight is 893 g/mol. The monoisotopic (exact) mass is 892 g/mol. The summed E-state index contributed by atoms with van der Waals surface area (Å²) in [4.78, 5) is 26.2. The van der Waals surface area contributed by atoms with Gasteiger partial charge >= 0.3 is 5.97 Å². The molecule has 3 unspecified atom stereocenters. The van der Waals surface area contributed by atoms with Gasteiger partial charge in [0.2, 0.25) is 5.91 Å². The van der Waals surface area contributed by atoms with Crippen LogP contribution in [0.25, 0.3) is 0 Å². The van der Waals surface area contributed by atoms with Crippen LogP contribution in [-0.2, 0) is 14.3 Å². The van der Waals surface area contributed by atoms with Crippen molar-refractivity contribution in [3.63, 3.8) is 0 Å². The van der Waals surface area contributed by atoms with Gasteiger partial charge in [0.15, 0.2) is 0 Å². The third-order valence-electron chi connectivity index (χ3n) is 13.7. The van der Waals surface area contributed by atoms with Gasteiger partial charge in [-0.2, -0.15) is 0 Å². The first-order valence-corrected chi connectivity index (χ1v) is 28.8. The van der Waals surface area contributed by atoms with Crippen molar-refractivity contribution < 1.29 is 24.5 Å². The quantitative estimate of drug-likeness (QED) is 0.0418. The highest BCUT2D eigenvalue weighted by Gasteiger charge is 2.24. The van der Waals surface area contributed by atoms with Crippen molar-refractivity contribution in [3.8, 4) is 0 Å². The maximum Gasteiger partial charge on any atom is 0.306 e. The van der Waals surface area contributed by atoms with Gasteiger partial charge in [-0.1, -0.05) is 290 Å². The number of carbonyl (C=O) groups is 2. The van der Waals surface area contributed by atoms with Crippen LogP contribution in [0.4, 0.5) is 0 Å². The lowest BCUT2D eigenvalue weighted by molar-refractivity contribution is -0.151. The standard InChI is InChI=1S/C57H113NO5/c1-4-7-10-13-16-19-22-25-27-29-31-34-37-40-43-46-49-55(60)54(52-59)58-56(61)51-53(48-45-42-39-36-33-30-24-21-18-15-12-9-6-3)63-57(62)50-47-44-41-38-35-32-28-26-23-20-17-14-11-8-5-2/h53-55,59-60H,4-52H2,1-3H3,(H,58,61). The molecule has 0 heterocycles. The van der Waals surface area contributed by atoms with E-state index in [0.29, 0.717) is 19.3 Å². The number of unbranched alkanes of at least 4 members (excludes halogenated alkanes) is 41. The summed E-state index contributed by atoms with van der Waals surface area (Å²) in [6.45, 7) is 6.53. The number of esters is 1. The predicted molar refractivity (Wildman–Crippen MR) is 274 cm³/mol. The minimum atomic E-state index is -0.780. The molecule has 0 aromatic carbocycles. The summed E-state index contributed by atoms with van der Waals surface area (Å²) >= 11 is 0. The van der Waals surface area contributed by atoms with Crippen molar-refractivity contribution in [2.45, 2.75) is 347 Å². The van der Waals surface area contributed by atoms with E-state index in [1.165, 1.54) is 244 Å². The largest absolute Gasteiger partial charge is 0.462 e. The van der Waals surface area contributed by atoms with E-state index in [4.69, 9.17) is 4.74 Å². The van der Waals surface area contributed by atoms with Crippen LogP contribution in [-0.4, -0.2) is 46.9 Å². The molecule has 3 N–H and O–H groups in total. The van der Waals surface area contributed by atoms with Crippen LogP contribution in [0.2, 0.25) is 0 Å². The molecule has 3 atom stereocenters. The molecule has 1 amide bonds. The zero-order valence-corrected chi connectivity index (χ0v) is 43.0. The molecule has 0 bridgehead atoms. The van der Waals surface area contributed by atoms with Crippen molar-refractivity contribution in [3.05, 3.63) is 0 Å². The second-order valence-electron chi connectivity index (χ2n) is 20.1. The Hall–Kier alpha value is -1.14. The number of hydrogen-bond donors (Lipinski definition) is 3. The lowest BCUT2D eigenvalue weighted by Gasteiger charge is -2.24. The number of rotatable bonds is 53. The van der Waals surface area contributed by atoms with E-state index in [1.807, 2.05) is 0 Å². The van der Waals surface area contributed by atoms with Gasteiger partial charge in [0.1, 0.15) is 6.10 Å². The molecule has 0 radical (unpaired) electrons. The first-order chi connectivity index (χ1) is 31.0. The van der Waals surface area contributed by atoms with E-state index in [9.17, 15) is 19.8 Å². The molecule has 6 nitrogen and oxygen atoms in total. The van der Waals surface area contributed by atoms with E-state index in [1.54, 1.807) is 0 Å². The molecule has 0 aromatic heterocycles. The van der Waals surface area contributed by atoms with Gasteiger partial charge in [0.05, 0.1) is 25.2 Å². The summed E-state index contributed by atoms with van der Waals surface area (Å²) in [7, 11) is 0. The van der Waals surface area contributed by atoms with E-state index < -0.39 is 18.2 Å². The molecule has 63 heavy (non-hydrogen) atoms. The Labute approximate surface area is 394 Å². The van der Waals surface area contributed by atoms with E-state index >= 15 is 0 Å². The van der Waals surface area contributed by atoms with Crippen molar-refractivity contribution >= 4 is 11.9 Å². The highest BCUT2D eigenvalue weighted by molar-refractivity contribution is 5.77. The normalized spacial score (nSPS) is 13.0. The third-order valence-corrected chi connectivity index (χ3v) is 13.7. The fourth-order valence-corrected chi connectivity index (χ4v) is 9.32. The van der Waals surface area contributed by atoms with Crippen LogP contribution in [0.3, 0.4) is 0 Å². The summed E-state index contributed by atoms with van der Waals surface area (Å²) < 4.78 is 5.96. The van der Waals surface area contributed by atoms with Gasteiger partial charge in [-0.05, 0) is 25.7 Å². The lowest BCUT2D eigenvalue weighted by atomic mass is 10.0. The van der Waals surface area contributed by atoms with Gasteiger partial charge in [-0.25, -0.2) is 0 Å². The smallest absolute Gasteiger partial charge is 0.306 e. The summed E-state index contributed by atoms with van der Waals surface area (Å²) in [5.41, 5.74) is 0. The highest BCUT2D eigenvalue weighted by atomic mass is 16.5. The van der Waals surface area contributed by atoms with E-state index in [0.717, 1.165) is 38.5 Å². The fraction of sp³-hybridized carbons (Fsp3) is 0.965. The predicted octanol–water partition coefficient (Wildman–Crippen LogP) is 17.5. The van der Waals surface area contributed by atoms with Crippen molar-refractivity contribution in [2.24, 2.45) is 0 Å². The summed E-state index contributed by atoms with van der Waals surface area (Å²) in [5, 5.41) is 23.9. The molecule has 0 aromatic rings. The molecule has 0 saturated heterocycles. The second kappa shape index (κ2) is 51.8. The maximum absolute atomic E-state index is 13.2. The number of hydrogen-bond acceptors (Lipinski definition) is 5. The van der Waals surface area contributed by atoms with Crippen LogP contribution in [0.15, 0.2) is 0 Å². The number of amides is 1. The van der Waals surface area contributed by atoms with Crippen LogP contribution < -0.4 is 5.32 Å². The molecule has 0 aliphatic carbocycles. The van der Waals surface area contributed by atoms with Crippen LogP contribution in [0.5, 0.6) is 0 Å². The maximum atomic E-state index is 13.2. The van der Waals surface area contributed by atoms with Gasteiger partial charge in [-0.15, -0.1) is 0 Å². The Morgan fingerprint density at radius 1 is 0.397 bits per heavy atom. The van der Waals surface area contributed by atoms with Gasteiger partial charge in [0.25, 0.3) is 0 Å². The van der Waals surface area contributed by atoms with Gasteiger partial charge in [0, 0.05) is 6.42 Å². The average Bonchev–Trinajstić information content (AvgIpc) is 3.28. The fourth-order valence-electron chi connectivity index (χ4n) is 9.32. The minimum absolute atomic E-state index is 0.0884. The topological polar surface area (TPSA) is 95.9 Å². The number of carbonyl (C=O) groups excluding carboxylic acids is 2. The van der Waals surface area contributed by atoms with Crippen LogP contribution >= 0.6 is 0 Å². The first kappa shape index (κ1) is 61.9. The SMILES string of the molecule is CCCCCCCCCCCCCCCCCCC(O)C(CO)NC(=O)CC(CCCCCCCCCCCCCCC)OC(=O)CCCCCCCCCCCCCCCCC. The van der Waals surface area contributed by atoms with E-state index in [2.05, 4.69) is 26.1 Å². The number of aliphatic hydroxyl groups is 2. The molecule has 0 saturated carbocycles. The Kier molecular flexibility index (Phi) is 50.9. The molecule has 0 rings (SSSR count). The molecule has 6 heteroatoms. The Bertz CT molecular complexity index is 913. The van der Waals surface area contributed by atoms with Crippen molar-refractivity contribution in [1.29, 1.82) is 0 Å². The summed E-state index contributed by atoms with van der Waals surface area (Å²) in [6, 6.07) is -0.693. The zero-order valence-electron chi connectivity index (χ0n) is 43.0. The molecule has 0 fully saturated rings. The number of nitrogens with one attached hydrogen (secondary N) is 1. The van der Waals surface area contributed by atoms with Crippen LogP contribution in [0.1, 0.15) is 329 Å². The van der Waals surface area contributed by atoms with Crippen molar-refractivity contribution in [1.82, 2.24) is 5.32 Å². The highest BCUT2D eigenvalue weighted by Crippen LogP contribution is 2.19. The lowest BCUT2D eigenvalue weighted by Crippen LogP contribution is -2.46. The molecular weight excluding hydrogens is 779 g/mol. The van der Waals surface area contributed by atoms with Gasteiger partial charge in [-0.3, -0.25) is 9.59 Å². The first-order valence-electron chi connectivity index (χ1n) is 28.8. The molecule has 376 valence electrons. The van der Waals surface area contributed by atoms with Crippen LogP contribution in [0, 0.1) is 0 Å². The molecular formula is C57H113NO5. The third kappa shape index (κ3) is 47.2. The summed E-state index contributed by atoms with van der Waals surface area (Å²) in [5.74, 6) is -0.445. The number of ether oxygens (including phenoxy) is 1. The molecule has 0 aliphatic rings. The van der Waals surface area contributed by atoms with Gasteiger partial charge < -0.3 is 20.3 Å².